The van der Waals surface area contributed by atoms with Gasteiger partial charge >= 0.3 is 5.97 Å². The van der Waals surface area contributed by atoms with E-state index < -0.39 is 11.8 Å². The summed E-state index contributed by atoms with van der Waals surface area (Å²) < 4.78 is 4.27. The molecule has 0 fully saturated rings. The Morgan fingerprint density at radius 2 is 1.93 bits per heavy atom. The lowest BCUT2D eigenvalue weighted by molar-refractivity contribution is -0.150. The molecule has 0 bridgehead atoms. The topological polar surface area (TPSA) is 55.4 Å². The predicted octanol–water partition coefficient (Wildman–Crippen LogP) is 0.841. The van der Waals surface area contributed by atoms with Gasteiger partial charge in [-0.15, -0.1) is 0 Å². The van der Waals surface area contributed by atoms with Crippen LogP contribution in [0.25, 0.3) is 0 Å². The van der Waals surface area contributed by atoms with Gasteiger partial charge in [-0.1, -0.05) is 18.2 Å². The monoisotopic (exact) mass is 193 g/mol. The Hall–Kier alpha value is -1.84. The first-order chi connectivity index (χ1) is 6.74. The van der Waals surface area contributed by atoms with Crippen LogP contribution in [0.4, 0.5) is 5.69 Å². The van der Waals surface area contributed by atoms with Crippen molar-refractivity contribution in [1.82, 2.24) is 0 Å². The molecule has 74 valence electrons. The maximum absolute atomic E-state index is 11.0. The van der Waals surface area contributed by atoms with E-state index in [4.69, 9.17) is 0 Å². The van der Waals surface area contributed by atoms with Crippen molar-refractivity contribution in [2.75, 3.05) is 19.0 Å². The smallest absolute Gasteiger partial charge is 0.376 e. The Labute approximate surface area is 81.9 Å². The highest BCUT2D eigenvalue weighted by molar-refractivity contribution is 6.34. The molecule has 4 heteroatoms. The van der Waals surface area contributed by atoms with Crippen LogP contribution in [-0.2, 0) is 14.3 Å². The Bertz CT molecular complexity index is 321. The standard InChI is InChI=1S/C10H11NO3/c1-14-10(13)9(12)7-11-8-5-3-2-4-6-8/h2-6,11H,7H2,1H3. The number of hydrogen-bond acceptors (Lipinski definition) is 4. The third kappa shape index (κ3) is 2.90. The van der Waals surface area contributed by atoms with Gasteiger partial charge in [-0.05, 0) is 12.1 Å². The van der Waals surface area contributed by atoms with Gasteiger partial charge in [-0.3, -0.25) is 4.79 Å². The maximum Gasteiger partial charge on any atom is 0.376 e. The van der Waals surface area contributed by atoms with E-state index in [0.717, 1.165) is 5.69 Å². The Balaban J connectivity index is 2.42. The van der Waals surface area contributed by atoms with Crippen LogP contribution < -0.4 is 5.32 Å². The number of Topliss-reactive ketones (excluding diaryl/α,β-unsaturated/α-hetero) is 1. The fraction of sp³-hybridized carbons (Fsp3) is 0.200. The second-order valence-corrected chi connectivity index (χ2v) is 2.63. The number of carbonyl (C=O) groups is 2. The van der Waals surface area contributed by atoms with E-state index in [-0.39, 0.29) is 6.54 Å². The highest BCUT2D eigenvalue weighted by Crippen LogP contribution is 2.03. The van der Waals surface area contributed by atoms with Gasteiger partial charge in [0, 0.05) is 5.69 Å². The molecule has 1 aromatic carbocycles. The summed E-state index contributed by atoms with van der Waals surface area (Å²) >= 11 is 0. The van der Waals surface area contributed by atoms with E-state index in [2.05, 4.69) is 10.1 Å². The summed E-state index contributed by atoms with van der Waals surface area (Å²) in [6, 6.07) is 9.17. The molecule has 0 aromatic heterocycles. The SMILES string of the molecule is COC(=O)C(=O)CNc1ccccc1. The lowest BCUT2D eigenvalue weighted by Crippen LogP contribution is -2.23. The quantitative estimate of drug-likeness (QED) is 0.568. The minimum atomic E-state index is -0.826. The number of rotatable bonds is 4. The van der Waals surface area contributed by atoms with Crippen LogP contribution in [-0.4, -0.2) is 25.4 Å². The summed E-state index contributed by atoms with van der Waals surface area (Å²) in [7, 11) is 1.18. The molecule has 0 saturated carbocycles. The molecule has 1 rings (SSSR count). The number of esters is 1. The molecule has 1 aromatic rings. The van der Waals surface area contributed by atoms with E-state index in [1.165, 1.54) is 7.11 Å². The zero-order valence-electron chi connectivity index (χ0n) is 7.82. The summed E-state index contributed by atoms with van der Waals surface area (Å²) in [6.45, 7) is -0.0450. The second kappa shape index (κ2) is 5.01. The molecule has 1 N–H and O–H groups in total. The number of ketones is 1. The molecule has 0 aliphatic rings. The number of nitrogens with one attached hydrogen (secondary N) is 1. The van der Waals surface area contributed by atoms with Crippen LogP contribution in [0.1, 0.15) is 0 Å². The van der Waals surface area contributed by atoms with Gasteiger partial charge in [-0.25, -0.2) is 4.79 Å². The summed E-state index contributed by atoms with van der Waals surface area (Å²) in [6.07, 6.45) is 0. The normalized spacial score (nSPS) is 9.21. The molecule has 0 heterocycles. The van der Waals surface area contributed by atoms with Gasteiger partial charge < -0.3 is 10.1 Å². The maximum atomic E-state index is 11.0. The van der Waals surface area contributed by atoms with Crippen LogP contribution in [0.15, 0.2) is 30.3 Å². The van der Waals surface area contributed by atoms with Crippen LogP contribution >= 0.6 is 0 Å². The van der Waals surface area contributed by atoms with Crippen molar-refractivity contribution in [3.8, 4) is 0 Å². The van der Waals surface area contributed by atoms with Crippen LogP contribution in [0, 0.1) is 0 Å². The average molecular weight is 193 g/mol. The van der Waals surface area contributed by atoms with Crippen molar-refractivity contribution in [3.63, 3.8) is 0 Å². The van der Waals surface area contributed by atoms with Gasteiger partial charge in [0.1, 0.15) is 0 Å². The number of benzene rings is 1. The lowest BCUT2D eigenvalue weighted by Gasteiger charge is -2.03. The van der Waals surface area contributed by atoms with Crippen molar-refractivity contribution >= 4 is 17.4 Å². The fourth-order valence-electron chi connectivity index (χ4n) is 0.924. The molecule has 0 atom stereocenters. The summed E-state index contributed by atoms with van der Waals surface area (Å²) in [5, 5.41) is 2.81. The highest BCUT2D eigenvalue weighted by atomic mass is 16.5. The van der Waals surface area contributed by atoms with E-state index in [9.17, 15) is 9.59 Å². The summed E-state index contributed by atoms with van der Waals surface area (Å²) in [5.74, 6) is -1.41. The molecule has 0 aliphatic carbocycles. The first kappa shape index (κ1) is 10.2. The summed E-state index contributed by atoms with van der Waals surface area (Å²) in [4.78, 5) is 21.7. The predicted molar refractivity (Wildman–Crippen MR) is 52.0 cm³/mol. The molecule has 14 heavy (non-hydrogen) atoms. The molecule has 4 nitrogen and oxygen atoms in total. The zero-order chi connectivity index (χ0) is 10.4. The van der Waals surface area contributed by atoms with E-state index in [1.807, 2.05) is 30.3 Å². The molecule has 0 radical (unpaired) electrons. The van der Waals surface area contributed by atoms with E-state index in [1.54, 1.807) is 0 Å². The molecule has 0 amide bonds. The van der Waals surface area contributed by atoms with Gasteiger partial charge in [0.2, 0.25) is 0 Å². The molecule has 0 unspecified atom stereocenters. The first-order valence-corrected chi connectivity index (χ1v) is 4.14. The Morgan fingerprint density at radius 1 is 1.29 bits per heavy atom. The minimum absolute atomic E-state index is 0.0450. The lowest BCUT2D eigenvalue weighted by atomic mass is 10.3. The van der Waals surface area contributed by atoms with Crippen molar-refractivity contribution in [1.29, 1.82) is 0 Å². The number of hydrogen-bond donors (Lipinski definition) is 1. The number of anilines is 1. The van der Waals surface area contributed by atoms with Crippen molar-refractivity contribution < 1.29 is 14.3 Å². The second-order valence-electron chi connectivity index (χ2n) is 2.63. The fourth-order valence-corrected chi connectivity index (χ4v) is 0.924. The van der Waals surface area contributed by atoms with Gasteiger partial charge in [0.15, 0.2) is 0 Å². The number of para-hydroxylation sites is 1. The van der Waals surface area contributed by atoms with Gasteiger partial charge in [0.25, 0.3) is 5.78 Å². The molecule has 0 spiro atoms. The van der Waals surface area contributed by atoms with Crippen molar-refractivity contribution in [3.05, 3.63) is 30.3 Å². The third-order valence-corrected chi connectivity index (χ3v) is 1.64. The van der Waals surface area contributed by atoms with E-state index in [0.29, 0.717) is 0 Å². The van der Waals surface area contributed by atoms with Gasteiger partial charge in [0.05, 0.1) is 13.7 Å². The average Bonchev–Trinajstić information content (AvgIpc) is 2.26. The first-order valence-electron chi connectivity index (χ1n) is 4.14. The van der Waals surface area contributed by atoms with Crippen LogP contribution in [0.5, 0.6) is 0 Å². The van der Waals surface area contributed by atoms with Crippen LogP contribution in [0.2, 0.25) is 0 Å². The largest absolute Gasteiger partial charge is 0.463 e. The van der Waals surface area contributed by atoms with Crippen LogP contribution in [0.3, 0.4) is 0 Å². The molecular weight excluding hydrogens is 182 g/mol. The zero-order valence-corrected chi connectivity index (χ0v) is 7.82. The molecule has 0 saturated heterocycles. The Morgan fingerprint density at radius 3 is 2.50 bits per heavy atom. The molecular formula is C10H11NO3. The van der Waals surface area contributed by atoms with E-state index >= 15 is 0 Å². The van der Waals surface area contributed by atoms with Crippen molar-refractivity contribution in [2.24, 2.45) is 0 Å². The number of carbonyl (C=O) groups excluding carboxylic acids is 2. The summed E-state index contributed by atoms with van der Waals surface area (Å²) in [5.41, 5.74) is 0.796. The van der Waals surface area contributed by atoms with Crippen molar-refractivity contribution in [2.45, 2.75) is 0 Å². The highest BCUT2D eigenvalue weighted by Gasteiger charge is 2.12. The number of ether oxygens (including phenoxy) is 1. The molecule has 0 aliphatic heterocycles. The number of methoxy groups -OCH3 is 1. The third-order valence-electron chi connectivity index (χ3n) is 1.64. The Kier molecular flexibility index (Phi) is 3.67. The minimum Gasteiger partial charge on any atom is -0.463 e. The van der Waals surface area contributed by atoms with Gasteiger partial charge in [-0.2, -0.15) is 0 Å².